The average molecular weight is 394 g/mol. The summed E-state index contributed by atoms with van der Waals surface area (Å²) >= 11 is 7.53. The van der Waals surface area contributed by atoms with E-state index in [1.54, 1.807) is 23.4 Å². The van der Waals surface area contributed by atoms with E-state index in [-0.39, 0.29) is 5.91 Å². The number of benzene rings is 2. The second kappa shape index (κ2) is 7.55. The lowest BCUT2D eigenvalue weighted by atomic mass is 10.0. The number of hydrogen-bond acceptors (Lipinski definition) is 4. The van der Waals surface area contributed by atoms with E-state index in [2.05, 4.69) is 28.2 Å². The Morgan fingerprint density at radius 2 is 2.00 bits per heavy atom. The fourth-order valence-corrected chi connectivity index (χ4v) is 4.16. The SMILES string of the molecule is CCN1C(=O)/C(=C/c2cccc3ccccc23)SC1=Nc1ccncc1Cl. The molecule has 0 bridgehead atoms. The lowest BCUT2D eigenvalue weighted by Crippen LogP contribution is -2.28. The summed E-state index contributed by atoms with van der Waals surface area (Å²) in [6.07, 6.45) is 5.12. The highest BCUT2D eigenvalue weighted by molar-refractivity contribution is 8.18. The van der Waals surface area contributed by atoms with Crippen LogP contribution < -0.4 is 0 Å². The minimum atomic E-state index is -0.0423. The van der Waals surface area contributed by atoms with Crippen LogP contribution in [-0.2, 0) is 4.79 Å². The molecule has 2 heterocycles. The number of carbonyl (C=O) groups excluding carboxylic acids is 1. The van der Waals surface area contributed by atoms with Gasteiger partial charge in [-0.1, -0.05) is 54.1 Å². The van der Waals surface area contributed by atoms with Gasteiger partial charge in [0.05, 0.1) is 15.6 Å². The van der Waals surface area contributed by atoms with E-state index in [1.807, 2.05) is 37.3 Å². The largest absolute Gasteiger partial charge is 0.287 e. The summed E-state index contributed by atoms with van der Waals surface area (Å²) < 4.78 is 0. The van der Waals surface area contributed by atoms with Gasteiger partial charge in [0.25, 0.3) is 5.91 Å². The molecule has 0 radical (unpaired) electrons. The van der Waals surface area contributed by atoms with Crippen LogP contribution in [0.15, 0.2) is 70.8 Å². The second-order valence-electron chi connectivity index (χ2n) is 5.95. The normalized spacial score (nSPS) is 17.4. The molecule has 0 spiro atoms. The van der Waals surface area contributed by atoms with E-state index >= 15 is 0 Å². The van der Waals surface area contributed by atoms with Crippen molar-refractivity contribution in [2.24, 2.45) is 4.99 Å². The Hall–Kier alpha value is -2.63. The van der Waals surface area contributed by atoms with Gasteiger partial charge in [-0.15, -0.1) is 0 Å². The molecular weight excluding hydrogens is 378 g/mol. The van der Waals surface area contributed by atoms with Crippen LogP contribution >= 0.6 is 23.4 Å². The minimum absolute atomic E-state index is 0.0423. The van der Waals surface area contributed by atoms with E-state index in [4.69, 9.17) is 11.6 Å². The van der Waals surface area contributed by atoms with Crippen LogP contribution in [0.2, 0.25) is 5.02 Å². The zero-order valence-corrected chi connectivity index (χ0v) is 16.2. The number of likely N-dealkylation sites (N-methyl/N-ethyl adjacent to an activating group) is 1. The highest BCUT2D eigenvalue weighted by Crippen LogP contribution is 2.36. The number of pyridine rings is 1. The van der Waals surface area contributed by atoms with Gasteiger partial charge in [-0.3, -0.25) is 14.7 Å². The van der Waals surface area contributed by atoms with E-state index < -0.39 is 0 Å². The number of thioether (sulfide) groups is 1. The predicted molar refractivity (Wildman–Crippen MR) is 113 cm³/mol. The number of amidine groups is 1. The van der Waals surface area contributed by atoms with Crippen LogP contribution in [0.1, 0.15) is 12.5 Å². The summed E-state index contributed by atoms with van der Waals surface area (Å²) in [7, 11) is 0. The third-order valence-corrected chi connectivity index (χ3v) is 5.58. The number of halogens is 1. The number of carbonyl (C=O) groups is 1. The van der Waals surface area contributed by atoms with Crippen molar-refractivity contribution < 1.29 is 4.79 Å². The molecule has 6 heteroatoms. The number of nitrogens with zero attached hydrogens (tertiary/aromatic N) is 3. The molecule has 1 aliphatic heterocycles. The van der Waals surface area contributed by atoms with Gasteiger partial charge in [-0.05, 0) is 47.2 Å². The van der Waals surface area contributed by atoms with Gasteiger partial charge in [-0.2, -0.15) is 0 Å². The Labute approximate surface area is 166 Å². The maximum atomic E-state index is 12.9. The van der Waals surface area contributed by atoms with Crippen LogP contribution in [0, 0.1) is 0 Å². The van der Waals surface area contributed by atoms with Gasteiger partial charge in [0, 0.05) is 18.9 Å². The molecule has 2 aromatic carbocycles. The third-order valence-electron chi connectivity index (χ3n) is 4.28. The maximum absolute atomic E-state index is 12.9. The monoisotopic (exact) mass is 393 g/mol. The van der Waals surface area contributed by atoms with Gasteiger partial charge in [0.15, 0.2) is 5.17 Å². The van der Waals surface area contributed by atoms with Crippen molar-refractivity contribution in [1.82, 2.24) is 9.88 Å². The molecule has 3 aromatic rings. The lowest BCUT2D eigenvalue weighted by Gasteiger charge is -2.12. The Balaban J connectivity index is 1.75. The highest BCUT2D eigenvalue weighted by Gasteiger charge is 2.32. The van der Waals surface area contributed by atoms with E-state index in [0.29, 0.717) is 27.3 Å². The first-order chi connectivity index (χ1) is 13.2. The van der Waals surface area contributed by atoms with Crippen molar-refractivity contribution in [3.63, 3.8) is 0 Å². The number of fused-ring (bicyclic) bond motifs is 1. The molecule has 0 aliphatic carbocycles. The van der Waals surface area contributed by atoms with E-state index in [0.717, 1.165) is 16.3 Å². The molecule has 134 valence electrons. The molecule has 0 unspecified atom stereocenters. The molecule has 1 aliphatic rings. The van der Waals surface area contributed by atoms with Crippen molar-refractivity contribution in [2.45, 2.75) is 6.92 Å². The van der Waals surface area contributed by atoms with Crippen molar-refractivity contribution in [1.29, 1.82) is 0 Å². The molecule has 1 saturated heterocycles. The number of aromatic nitrogens is 1. The number of amides is 1. The summed E-state index contributed by atoms with van der Waals surface area (Å²) in [5, 5.41) is 3.35. The zero-order chi connectivity index (χ0) is 18.8. The summed E-state index contributed by atoms with van der Waals surface area (Å²) in [4.78, 5) is 23.7. The van der Waals surface area contributed by atoms with Gasteiger partial charge < -0.3 is 0 Å². The van der Waals surface area contributed by atoms with Crippen molar-refractivity contribution in [2.75, 3.05) is 6.54 Å². The van der Waals surface area contributed by atoms with Gasteiger partial charge >= 0.3 is 0 Å². The Morgan fingerprint density at radius 3 is 2.81 bits per heavy atom. The number of hydrogen-bond donors (Lipinski definition) is 0. The third kappa shape index (κ3) is 3.48. The number of rotatable bonds is 3. The maximum Gasteiger partial charge on any atom is 0.266 e. The van der Waals surface area contributed by atoms with E-state index in [9.17, 15) is 4.79 Å². The summed E-state index contributed by atoms with van der Waals surface area (Å²) in [6, 6.07) is 16.0. The first-order valence-corrected chi connectivity index (χ1v) is 9.74. The topological polar surface area (TPSA) is 45.6 Å². The zero-order valence-electron chi connectivity index (χ0n) is 14.6. The fourth-order valence-electron chi connectivity index (χ4n) is 2.95. The molecule has 0 saturated carbocycles. The lowest BCUT2D eigenvalue weighted by molar-refractivity contribution is -0.122. The Bertz CT molecular complexity index is 1090. The van der Waals surface area contributed by atoms with Gasteiger partial charge in [-0.25, -0.2) is 4.99 Å². The predicted octanol–water partition coefficient (Wildman–Crippen LogP) is 5.51. The van der Waals surface area contributed by atoms with Gasteiger partial charge in [0.2, 0.25) is 0 Å². The molecule has 4 nitrogen and oxygen atoms in total. The molecule has 1 fully saturated rings. The second-order valence-corrected chi connectivity index (χ2v) is 7.37. The Kier molecular flexibility index (Phi) is 4.97. The Morgan fingerprint density at radius 1 is 1.19 bits per heavy atom. The van der Waals surface area contributed by atoms with Gasteiger partial charge in [0.1, 0.15) is 0 Å². The molecule has 1 amide bonds. The van der Waals surface area contributed by atoms with Crippen LogP contribution in [0.25, 0.3) is 16.8 Å². The number of aliphatic imine (C=N–C) groups is 1. The first kappa shape index (κ1) is 17.8. The summed E-state index contributed by atoms with van der Waals surface area (Å²) in [5.74, 6) is -0.0423. The molecule has 0 N–H and O–H groups in total. The summed E-state index contributed by atoms with van der Waals surface area (Å²) in [5.41, 5.74) is 1.62. The van der Waals surface area contributed by atoms with Crippen molar-refractivity contribution in [3.05, 3.63) is 76.4 Å². The average Bonchev–Trinajstić information content (AvgIpc) is 2.98. The fraction of sp³-hybridized carbons (Fsp3) is 0.0952. The van der Waals surface area contributed by atoms with Crippen LogP contribution in [0.4, 0.5) is 5.69 Å². The minimum Gasteiger partial charge on any atom is -0.287 e. The molecule has 0 atom stereocenters. The quantitative estimate of drug-likeness (QED) is 0.551. The highest BCUT2D eigenvalue weighted by atomic mass is 35.5. The van der Waals surface area contributed by atoms with Crippen LogP contribution in [0.3, 0.4) is 0 Å². The van der Waals surface area contributed by atoms with Crippen molar-refractivity contribution in [3.8, 4) is 0 Å². The molecule has 1 aromatic heterocycles. The van der Waals surface area contributed by atoms with E-state index in [1.165, 1.54) is 11.8 Å². The smallest absolute Gasteiger partial charge is 0.266 e. The molecule has 27 heavy (non-hydrogen) atoms. The van der Waals surface area contributed by atoms with Crippen LogP contribution in [0.5, 0.6) is 0 Å². The van der Waals surface area contributed by atoms with Crippen LogP contribution in [-0.4, -0.2) is 27.5 Å². The standard InChI is InChI=1S/C21H16ClN3OS/c1-2-25-20(26)19(27-21(25)24-18-10-11-23-13-17(18)22)12-15-8-5-7-14-6-3-4-9-16(14)15/h3-13H,2H2,1H3/b19-12-,24-21?. The molecular formula is C21H16ClN3OS. The first-order valence-electron chi connectivity index (χ1n) is 8.54. The van der Waals surface area contributed by atoms with Crippen molar-refractivity contribution >= 4 is 57.0 Å². The summed E-state index contributed by atoms with van der Waals surface area (Å²) in [6.45, 7) is 2.48. The molecule has 4 rings (SSSR count).